The molecule has 1 atom stereocenters. The lowest BCUT2D eigenvalue weighted by Gasteiger charge is -2.24. The third kappa shape index (κ3) is 2.23. The first-order chi connectivity index (χ1) is 8.95. The molecule has 1 unspecified atom stereocenters. The minimum atomic E-state index is -1.11. The van der Waals surface area contributed by atoms with Crippen molar-refractivity contribution in [3.05, 3.63) is 28.8 Å². The summed E-state index contributed by atoms with van der Waals surface area (Å²) >= 11 is 0. The van der Waals surface area contributed by atoms with Crippen LogP contribution in [0.4, 0.5) is 0 Å². The zero-order valence-corrected chi connectivity index (χ0v) is 11.0. The summed E-state index contributed by atoms with van der Waals surface area (Å²) in [7, 11) is 1.11. The fourth-order valence-corrected chi connectivity index (χ4v) is 2.20. The number of aryl methyl sites for hydroxylation is 2. The van der Waals surface area contributed by atoms with Crippen LogP contribution in [0.1, 0.15) is 21.5 Å². The Morgan fingerprint density at radius 2 is 2.00 bits per heavy atom. The summed E-state index contributed by atoms with van der Waals surface area (Å²) in [4.78, 5) is 35.2. The maximum Gasteiger partial charge on any atom is 0.375 e. The second-order valence-corrected chi connectivity index (χ2v) is 4.54. The molecule has 0 spiro atoms. The Morgan fingerprint density at radius 3 is 2.63 bits per heavy atom. The average molecular weight is 262 g/mol. The monoisotopic (exact) mass is 262 g/mol. The predicted octanol–water partition coefficient (Wildman–Crippen LogP) is 1.24. The third-order valence-electron chi connectivity index (χ3n) is 3.10. The van der Waals surface area contributed by atoms with Crippen LogP contribution in [0, 0.1) is 19.8 Å². The summed E-state index contributed by atoms with van der Waals surface area (Å²) in [6, 6.07) is 3.57. The van der Waals surface area contributed by atoms with E-state index in [0.717, 1.165) is 18.2 Å². The average Bonchev–Trinajstić information content (AvgIpc) is 2.38. The second kappa shape index (κ2) is 4.84. The van der Waals surface area contributed by atoms with Crippen molar-refractivity contribution in [3.8, 4) is 5.75 Å². The molecule has 1 aliphatic rings. The molecule has 0 saturated heterocycles. The van der Waals surface area contributed by atoms with E-state index in [2.05, 4.69) is 4.74 Å². The Bertz CT molecular complexity index is 573. The van der Waals surface area contributed by atoms with Crippen LogP contribution in [-0.2, 0) is 14.3 Å². The number of esters is 1. The lowest BCUT2D eigenvalue weighted by Crippen LogP contribution is -2.38. The largest absolute Gasteiger partial charge is 0.491 e. The number of fused-ring (bicyclic) bond motifs is 1. The van der Waals surface area contributed by atoms with Crippen molar-refractivity contribution in [1.29, 1.82) is 0 Å². The van der Waals surface area contributed by atoms with Crippen LogP contribution in [0.5, 0.6) is 5.75 Å². The van der Waals surface area contributed by atoms with Crippen molar-refractivity contribution in [3.63, 3.8) is 0 Å². The number of hydrogen-bond donors (Lipinski definition) is 0. The Morgan fingerprint density at radius 1 is 1.32 bits per heavy atom. The Labute approximate surface area is 110 Å². The molecule has 1 aromatic rings. The van der Waals surface area contributed by atoms with Crippen LogP contribution in [-0.4, -0.2) is 31.3 Å². The van der Waals surface area contributed by atoms with Gasteiger partial charge in [-0.3, -0.25) is 9.59 Å². The van der Waals surface area contributed by atoms with Crippen molar-refractivity contribution >= 4 is 17.5 Å². The summed E-state index contributed by atoms with van der Waals surface area (Å²) in [6.07, 6.45) is 0. The van der Waals surface area contributed by atoms with Gasteiger partial charge in [0.05, 0.1) is 12.7 Å². The Balaban J connectivity index is 2.40. The number of methoxy groups -OCH3 is 1. The van der Waals surface area contributed by atoms with Crippen molar-refractivity contribution in [1.82, 2.24) is 0 Å². The second-order valence-electron chi connectivity index (χ2n) is 4.54. The zero-order valence-electron chi connectivity index (χ0n) is 11.0. The van der Waals surface area contributed by atoms with Crippen molar-refractivity contribution < 1.29 is 23.9 Å². The van der Waals surface area contributed by atoms with Gasteiger partial charge in [-0.15, -0.1) is 0 Å². The third-order valence-corrected chi connectivity index (χ3v) is 3.10. The van der Waals surface area contributed by atoms with Gasteiger partial charge in [-0.25, -0.2) is 4.79 Å². The molecule has 0 amide bonds. The smallest absolute Gasteiger partial charge is 0.375 e. The van der Waals surface area contributed by atoms with Gasteiger partial charge >= 0.3 is 5.97 Å². The van der Waals surface area contributed by atoms with Crippen LogP contribution in [0.25, 0.3) is 0 Å². The van der Waals surface area contributed by atoms with E-state index in [-0.39, 0.29) is 12.4 Å². The van der Waals surface area contributed by atoms with Gasteiger partial charge < -0.3 is 9.47 Å². The normalized spacial score (nSPS) is 17.4. The summed E-state index contributed by atoms with van der Waals surface area (Å²) < 4.78 is 9.81. The summed E-state index contributed by atoms with van der Waals surface area (Å²) in [5.41, 5.74) is 2.10. The van der Waals surface area contributed by atoms with Crippen molar-refractivity contribution in [2.24, 2.45) is 5.92 Å². The number of carbonyl (C=O) groups is 3. The molecule has 0 fully saturated rings. The fourth-order valence-electron chi connectivity index (χ4n) is 2.20. The molecule has 2 rings (SSSR count). The molecule has 0 bridgehead atoms. The number of benzene rings is 1. The number of carbonyl (C=O) groups excluding carboxylic acids is 3. The molecule has 0 N–H and O–H groups in total. The molecule has 1 aromatic carbocycles. The lowest BCUT2D eigenvalue weighted by molar-refractivity contribution is -0.153. The van der Waals surface area contributed by atoms with Crippen molar-refractivity contribution in [2.45, 2.75) is 13.8 Å². The molecule has 1 aliphatic heterocycles. The number of Topliss-reactive ketones (excluding diaryl/α,β-unsaturated/α-hetero) is 2. The van der Waals surface area contributed by atoms with Crippen LogP contribution in [0.3, 0.4) is 0 Å². The van der Waals surface area contributed by atoms with Gasteiger partial charge in [0.15, 0.2) is 5.78 Å². The van der Waals surface area contributed by atoms with Crippen LogP contribution in [0.2, 0.25) is 0 Å². The van der Waals surface area contributed by atoms with Crippen LogP contribution in [0.15, 0.2) is 12.1 Å². The van der Waals surface area contributed by atoms with Gasteiger partial charge in [-0.2, -0.15) is 0 Å². The predicted molar refractivity (Wildman–Crippen MR) is 66.3 cm³/mol. The minimum Gasteiger partial charge on any atom is -0.491 e. The molecule has 100 valence electrons. The quantitative estimate of drug-likeness (QED) is 0.455. The van der Waals surface area contributed by atoms with Gasteiger partial charge in [0, 0.05) is 0 Å². The summed E-state index contributed by atoms with van der Waals surface area (Å²) in [5.74, 6) is -2.89. The molecule has 0 aromatic heterocycles. The van der Waals surface area contributed by atoms with Gasteiger partial charge in [0.2, 0.25) is 0 Å². The molecule has 5 nitrogen and oxygen atoms in total. The van der Waals surface area contributed by atoms with Crippen LogP contribution < -0.4 is 4.74 Å². The molecule has 19 heavy (non-hydrogen) atoms. The van der Waals surface area contributed by atoms with E-state index in [1.807, 2.05) is 19.9 Å². The van der Waals surface area contributed by atoms with E-state index in [9.17, 15) is 14.4 Å². The standard InChI is InChI=1S/C14H14O5/c1-7-4-8(2)13-9(5-7)11(15)10(6-19-13)12(16)14(17)18-3/h4-5,10H,6H2,1-3H3. The highest BCUT2D eigenvalue weighted by Gasteiger charge is 2.38. The van der Waals surface area contributed by atoms with Crippen LogP contribution >= 0.6 is 0 Å². The Kier molecular flexibility index (Phi) is 3.38. The minimum absolute atomic E-state index is 0.121. The molecular weight excluding hydrogens is 248 g/mol. The lowest BCUT2D eigenvalue weighted by atomic mass is 9.89. The van der Waals surface area contributed by atoms with Gasteiger partial charge in [-0.05, 0) is 31.0 Å². The fraction of sp³-hybridized carbons (Fsp3) is 0.357. The molecule has 0 aliphatic carbocycles. The van der Waals surface area contributed by atoms with Gasteiger partial charge in [0.1, 0.15) is 18.3 Å². The molecule has 0 saturated carbocycles. The SMILES string of the molecule is COC(=O)C(=O)C1COc2c(C)cc(C)cc2C1=O. The number of ketones is 2. The summed E-state index contributed by atoms with van der Waals surface area (Å²) in [5, 5.41) is 0. The van der Waals surface area contributed by atoms with E-state index in [4.69, 9.17) is 4.74 Å². The summed E-state index contributed by atoms with van der Waals surface area (Å²) in [6.45, 7) is 3.57. The topological polar surface area (TPSA) is 69.7 Å². The Hall–Kier alpha value is -2.17. The highest BCUT2D eigenvalue weighted by Crippen LogP contribution is 2.32. The van der Waals surface area contributed by atoms with Gasteiger partial charge in [0.25, 0.3) is 5.78 Å². The van der Waals surface area contributed by atoms with Gasteiger partial charge in [-0.1, -0.05) is 6.07 Å². The molecular formula is C14H14O5. The first-order valence-electron chi connectivity index (χ1n) is 5.86. The van der Waals surface area contributed by atoms with E-state index in [1.54, 1.807) is 6.07 Å². The van der Waals surface area contributed by atoms with E-state index in [1.165, 1.54) is 0 Å². The number of rotatable bonds is 2. The van der Waals surface area contributed by atoms with E-state index >= 15 is 0 Å². The first-order valence-corrected chi connectivity index (χ1v) is 5.86. The zero-order chi connectivity index (χ0) is 14.2. The number of hydrogen-bond acceptors (Lipinski definition) is 5. The maximum absolute atomic E-state index is 12.3. The highest BCUT2D eigenvalue weighted by molar-refractivity contribution is 6.39. The molecule has 0 radical (unpaired) electrons. The maximum atomic E-state index is 12.3. The highest BCUT2D eigenvalue weighted by atomic mass is 16.5. The number of ether oxygens (including phenoxy) is 2. The molecule has 5 heteroatoms. The van der Waals surface area contributed by atoms with Crippen molar-refractivity contribution in [2.75, 3.05) is 13.7 Å². The first kappa shape index (κ1) is 13.3. The van der Waals surface area contributed by atoms with E-state index < -0.39 is 17.7 Å². The van der Waals surface area contributed by atoms with E-state index in [0.29, 0.717) is 11.3 Å². The molecule has 1 heterocycles.